The Morgan fingerprint density at radius 3 is 2.70 bits per heavy atom. The van der Waals surface area contributed by atoms with Crippen LogP contribution in [0.25, 0.3) is 0 Å². The summed E-state index contributed by atoms with van der Waals surface area (Å²) in [5, 5.41) is 0. The van der Waals surface area contributed by atoms with Gasteiger partial charge in [-0.2, -0.15) is 0 Å². The average molecular weight is 243 g/mol. The molecule has 0 heterocycles. The Morgan fingerprint density at radius 2 is 2.20 bits per heavy atom. The van der Waals surface area contributed by atoms with Gasteiger partial charge in [-0.3, -0.25) is 0 Å². The van der Waals surface area contributed by atoms with E-state index in [1.54, 1.807) is 0 Å². The Kier molecular flexibility index (Phi) is 7.73. The standard InChI is InChI=1S/C8H13.CH3.Sn/c1-4-6-7-8(3)5-2;;/h8H,4,6-7H2,1,3H3;1H3;. The predicted molar refractivity (Wildman–Crippen MR) is 48.1 cm³/mol. The summed E-state index contributed by atoms with van der Waals surface area (Å²) in [6.07, 6.45) is 3.94. The maximum absolute atomic E-state index is 3.29. The van der Waals surface area contributed by atoms with Gasteiger partial charge in [0.1, 0.15) is 0 Å². The molecule has 0 saturated heterocycles. The van der Waals surface area contributed by atoms with Crippen LogP contribution in [-0.4, -0.2) is 21.1 Å². The third-order valence-corrected chi connectivity index (χ3v) is 2.56. The van der Waals surface area contributed by atoms with Crippen LogP contribution in [0.4, 0.5) is 0 Å². The first-order valence-electron chi connectivity index (χ1n) is 3.98. The van der Waals surface area contributed by atoms with Crippen LogP contribution in [0.15, 0.2) is 0 Å². The summed E-state index contributed by atoms with van der Waals surface area (Å²) in [5.74, 6) is 3.95. The molecule has 0 nitrogen and oxygen atoms in total. The Morgan fingerprint density at radius 1 is 1.50 bits per heavy atom. The quantitative estimate of drug-likeness (QED) is 0.527. The first kappa shape index (κ1) is 10.4. The Bertz CT molecular complexity index is 118. The van der Waals surface area contributed by atoms with Gasteiger partial charge in [-0.05, 0) is 0 Å². The molecule has 1 heteroatoms. The molecule has 0 rings (SSSR count). The topological polar surface area (TPSA) is 0 Å². The summed E-state index contributed by atoms with van der Waals surface area (Å²) < 4.78 is 3.28. The first-order chi connectivity index (χ1) is 4.81. The predicted octanol–water partition coefficient (Wildman–Crippen LogP) is 2.53. The van der Waals surface area contributed by atoms with E-state index < -0.39 is 0 Å². The second kappa shape index (κ2) is 7.47. The monoisotopic (exact) mass is 244 g/mol. The molecule has 0 aromatic carbocycles. The van der Waals surface area contributed by atoms with E-state index in [1.807, 2.05) is 0 Å². The van der Waals surface area contributed by atoms with Gasteiger partial charge in [-0.1, -0.05) is 0 Å². The zero-order valence-corrected chi connectivity index (χ0v) is 10.1. The maximum atomic E-state index is 3.29. The average Bonchev–Trinajstić information content (AvgIpc) is 1.97. The summed E-state index contributed by atoms with van der Waals surface area (Å²) in [4.78, 5) is 2.27. The SMILES string of the molecule is CCCCC(C)C#[C][Sn][CH3]. The molecule has 0 amide bonds. The summed E-state index contributed by atoms with van der Waals surface area (Å²) >= 11 is -0.239. The van der Waals surface area contributed by atoms with Gasteiger partial charge in [-0.25, -0.2) is 0 Å². The van der Waals surface area contributed by atoms with Crippen molar-refractivity contribution < 1.29 is 0 Å². The molecule has 56 valence electrons. The van der Waals surface area contributed by atoms with E-state index in [-0.39, 0.29) is 21.1 Å². The molecule has 0 fully saturated rings. The van der Waals surface area contributed by atoms with Gasteiger partial charge in [0.2, 0.25) is 0 Å². The number of unbranched alkanes of at least 4 members (excludes halogenated alkanes) is 1. The molecule has 0 aromatic rings. The van der Waals surface area contributed by atoms with Gasteiger partial charge in [-0.15, -0.1) is 0 Å². The molecule has 0 saturated carbocycles. The number of hydrogen-bond donors (Lipinski definition) is 0. The number of rotatable bonds is 3. The van der Waals surface area contributed by atoms with Crippen LogP contribution in [0, 0.1) is 15.8 Å². The third kappa shape index (κ3) is 6.48. The molecule has 0 aliphatic rings. The van der Waals surface area contributed by atoms with Crippen molar-refractivity contribution in [3.05, 3.63) is 0 Å². The molecule has 0 N–H and O–H groups in total. The van der Waals surface area contributed by atoms with Crippen molar-refractivity contribution in [2.45, 2.75) is 38.0 Å². The van der Waals surface area contributed by atoms with Crippen LogP contribution in [0.5, 0.6) is 0 Å². The van der Waals surface area contributed by atoms with E-state index in [2.05, 4.69) is 28.6 Å². The molecular weight excluding hydrogens is 227 g/mol. The third-order valence-electron chi connectivity index (χ3n) is 1.43. The van der Waals surface area contributed by atoms with Crippen LogP contribution in [-0.2, 0) is 0 Å². The molecule has 2 radical (unpaired) electrons. The molecule has 0 bridgehead atoms. The van der Waals surface area contributed by atoms with Crippen LogP contribution in [0.1, 0.15) is 33.1 Å². The fourth-order valence-corrected chi connectivity index (χ4v) is 1.89. The van der Waals surface area contributed by atoms with Crippen molar-refractivity contribution in [3.63, 3.8) is 0 Å². The summed E-state index contributed by atoms with van der Waals surface area (Å²) in [7, 11) is 0. The zero-order valence-electron chi connectivity index (χ0n) is 7.20. The van der Waals surface area contributed by atoms with Gasteiger partial charge in [0, 0.05) is 0 Å². The van der Waals surface area contributed by atoms with Gasteiger partial charge >= 0.3 is 75.0 Å². The first-order valence-corrected chi connectivity index (χ1v) is 8.26. The van der Waals surface area contributed by atoms with Crippen molar-refractivity contribution in [1.29, 1.82) is 0 Å². The minimum absolute atomic E-state index is 0.239. The van der Waals surface area contributed by atoms with Gasteiger partial charge < -0.3 is 0 Å². The van der Waals surface area contributed by atoms with Crippen molar-refractivity contribution >= 4 is 21.1 Å². The molecular formula is C9H16Sn. The Labute approximate surface area is 75.0 Å². The van der Waals surface area contributed by atoms with Gasteiger partial charge in [0.25, 0.3) is 0 Å². The van der Waals surface area contributed by atoms with E-state index in [0.29, 0.717) is 5.92 Å². The van der Waals surface area contributed by atoms with Gasteiger partial charge in [0.15, 0.2) is 0 Å². The molecule has 0 aliphatic carbocycles. The molecule has 0 aliphatic heterocycles. The van der Waals surface area contributed by atoms with Crippen molar-refractivity contribution in [2.75, 3.05) is 0 Å². The second-order valence-corrected chi connectivity index (χ2v) is 4.70. The normalized spacial score (nSPS) is 11.9. The van der Waals surface area contributed by atoms with Crippen LogP contribution in [0.3, 0.4) is 0 Å². The molecule has 10 heavy (non-hydrogen) atoms. The van der Waals surface area contributed by atoms with Crippen LogP contribution >= 0.6 is 0 Å². The molecule has 0 spiro atoms. The zero-order chi connectivity index (χ0) is 7.82. The fourth-order valence-electron chi connectivity index (χ4n) is 0.778. The second-order valence-electron chi connectivity index (χ2n) is 2.56. The summed E-state index contributed by atoms with van der Waals surface area (Å²) in [6.45, 7) is 4.47. The van der Waals surface area contributed by atoms with E-state index >= 15 is 0 Å². The molecule has 0 aromatic heterocycles. The van der Waals surface area contributed by atoms with E-state index in [9.17, 15) is 0 Å². The van der Waals surface area contributed by atoms with E-state index in [1.165, 1.54) is 19.3 Å². The van der Waals surface area contributed by atoms with Crippen LogP contribution < -0.4 is 0 Å². The van der Waals surface area contributed by atoms with Crippen molar-refractivity contribution in [2.24, 2.45) is 5.92 Å². The number of hydrogen-bond acceptors (Lipinski definition) is 0. The van der Waals surface area contributed by atoms with E-state index in [4.69, 9.17) is 0 Å². The van der Waals surface area contributed by atoms with E-state index in [0.717, 1.165) is 0 Å². The Balaban J connectivity index is 3.33. The summed E-state index contributed by atoms with van der Waals surface area (Å²) in [5.41, 5.74) is 0. The van der Waals surface area contributed by atoms with Crippen LogP contribution in [0.2, 0.25) is 4.94 Å². The summed E-state index contributed by atoms with van der Waals surface area (Å²) in [6, 6.07) is 0. The molecule has 1 unspecified atom stereocenters. The van der Waals surface area contributed by atoms with Crippen molar-refractivity contribution in [1.82, 2.24) is 0 Å². The Hall–Kier alpha value is 0.359. The molecule has 1 atom stereocenters. The van der Waals surface area contributed by atoms with Crippen molar-refractivity contribution in [3.8, 4) is 9.86 Å². The fraction of sp³-hybridized carbons (Fsp3) is 0.778. The van der Waals surface area contributed by atoms with Gasteiger partial charge in [0.05, 0.1) is 0 Å². The minimum atomic E-state index is -0.239.